The van der Waals surface area contributed by atoms with Crippen molar-refractivity contribution in [3.05, 3.63) is 48.5 Å². The first kappa shape index (κ1) is 36.4. The number of methoxy groups -OCH3 is 1. The minimum Gasteiger partial charge on any atom is -0.494 e. The molecule has 3 heterocycles. The summed E-state index contributed by atoms with van der Waals surface area (Å²) < 4.78 is 84.0. The maximum atomic E-state index is 14.1. The molecule has 0 saturated carbocycles. The lowest BCUT2D eigenvalue weighted by Crippen LogP contribution is -2.58. The minimum absolute atomic E-state index is 0.00777. The number of hydrogen-bond acceptors (Lipinski definition) is 12. The zero-order chi connectivity index (χ0) is 34.9. The van der Waals surface area contributed by atoms with Gasteiger partial charge in [0.05, 0.1) is 24.7 Å². The first-order valence-electron chi connectivity index (χ1n) is 15.9. The second-order valence-corrected chi connectivity index (χ2v) is 13.9. The van der Waals surface area contributed by atoms with Crippen LogP contribution in [-0.4, -0.2) is 103 Å². The Hall–Kier alpha value is -3.84. The summed E-state index contributed by atoms with van der Waals surface area (Å²) in [5.74, 6) is -0.411. The van der Waals surface area contributed by atoms with Gasteiger partial charge in [-0.15, -0.1) is 23.4 Å². The number of benzene rings is 2. The Morgan fingerprint density at radius 1 is 1.02 bits per heavy atom. The number of hydroxylamine groups is 1. The van der Waals surface area contributed by atoms with E-state index in [-0.39, 0.29) is 35.9 Å². The summed E-state index contributed by atoms with van der Waals surface area (Å²) in [4.78, 5) is 22.5. The summed E-state index contributed by atoms with van der Waals surface area (Å²) in [7, 11) is -2.56. The molecule has 0 radical (unpaired) electrons. The SMILES string of the molecule is COCCN1CCC(C(=O)NOC2CCCCO2)(S(=O)(=O)c2ccc(OCCCn3nnc(-c4ccc(OC(F)(F)F)cc4)n3)cc2)CC1. The summed E-state index contributed by atoms with van der Waals surface area (Å²) in [6.45, 7) is 2.99. The van der Waals surface area contributed by atoms with Crippen LogP contribution in [0.2, 0.25) is 0 Å². The highest BCUT2D eigenvalue weighted by molar-refractivity contribution is 7.93. The number of ether oxygens (including phenoxy) is 4. The molecule has 2 aliphatic heterocycles. The number of hydrogen-bond donors (Lipinski definition) is 1. The van der Waals surface area contributed by atoms with Crippen molar-refractivity contribution in [1.29, 1.82) is 0 Å². The molecule has 0 aliphatic carbocycles. The van der Waals surface area contributed by atoms with Crippen LogP contribution in [0.15, 0.2) is 53.4 Å². The number of nitrogens with one attached hydrogen (secondary N) is 1. The number of amides is 1. The number of carbonyl (C=O) groups excluding carboxylic acids is 1. The van der Waals surface area contributed by atoms with Gasteiger partial charge in [-0.1, -0.05) is 0 Å². The molecule has 3 aromatic rings. The molecule has 0 spiro atoms. The first-order valence-corrected chi connectivity index (χ1v) is 17.4. The molecule has 14 nitrogen and oxygen atoms in total. The molecule has 2 aliphatic rings. The zero-order valence-electron chi connectivity index (χ0n) is 26.9. The van der Waals surface area contributed by atoms with E-state index in [2.05, 4.69) is 30.5 Å². The summed E-state index contributed by atoms with van der Waals surface area (Å²) in [6, 6.07) is 11.1. The van der Waals surface area contributed by atoms with Crippen molar-refractivity contribution in [2.45, 2.75) is 67.4 Å². The van der Waals surface area contributed by atoms with Gasteiger partial charge in [-0.05, 0) is 79.4 Å². The Morgan fingerprint density at radius 2 is 1.73 bits per heavy atom. The summed E-state index contributed by atoms with van der Waals surface area (Å²) >= 11 is 0. The monoisotopic (exact) mass is 712 g/mol. The van der Waals surface area contributed by atoms with E-state index in [0.29, 0.717) is 63.5 Å². The van der Waals surface area contributed by atoms with Gasteiger partial charge < -0.3 is 23.8 Å². The molecule has 2 saturated heterocycles. The number of alkyl halides is 3. The third-order valence-electron chi connectivity index (χ3n) is 8.33. The summed E-state index contributed by atoms with van der Waals surface area (Å²) in [5, 5.41) is 12.1. The van der Waals surface area contributed by atoms with Crippen LogP contribution in [-0.2, 0) is 35.5 Å². The lowest BCUT2D eigenvalue weighted by Gasteiger charge is -2.40. The molecule has 18 heteroatoms. The number of tetrazole rings is 1. The predicted octanol–water partition coefficient (Wildman–Crippen LogP) is 3.54. The minimum atomic E-state index is -4.78. The molecule has 5 rings (SSSR count). The van der Waals surface area contributed by atoms with Crippen molar-refractivity contribution in [1.82, 2.24) is 30.6 Å². The van der Waals surface area contributed by atoms with Crippen molar-refractivity contribution in [3.63, 3.8) is 0 Å². The molecular formula is C31H39F3N6O8S. The lowest BCUT2D eigenvalue weighted by molar-refractivity contribution is -0.274. The van der Waals surface area contributed by atoms with Gasteiger partial charge in [0.2, 0.25) is 5.82 Å². The van der Waals surface area contributed by atoms with Gasteiger partial charge in [0.15, 0.2) is 20.9 Å². The van der Waals surface area contributed by atoms with E-state index in [1.807, 2.05) is 0 Å². The third kappa shape index (κ3) is 9.45. The van der Waals surface area contributed by atoms with Crippen LogP contribution in [0.1, 0.15) is 38.5 Å². The Bertz CT molecular complexity index is 1610. The van der Waals surface area contributed by atoms with E-state index in [1.54, 1.807) is 7.11 Å². The van der Waals surface area contributed by atoms with E-state index in [1.165, 1.54) is 41.2 Å². The molecule has 1 aromatic heterocycles. The largest absolute Gasteiger partial charge is 0.573 e. The topological polar surface area (TPSA) is 156 Å². The number of nitrogens with zero attached hydrogens (tertiary/aromatic N) is 5. The fraction of sp³-hybridized carbons (Fsp3) is 0.548. The fourth-order valence-electron chi connectivity index (χ4n) is 5.59. The molecule has 49 heavy (non-hydrogen) atoms. The number of aromatic nitrogens is 4. The molecule has 0 bridgehead atoms. The van der Waals surface area contributed by atoms with Crippen molar-refractivity contribution < 1.29 is 50.2 Å². The highest BCUT2D eigenvalue weighted by Gasteiger charge is 2.53. The Kier molecular flexibility index (Phi) is 12.1. The molecule has 2 fully saturated rings. The molecule has 1 amide bonds. The molecule has 2 aromatic carbocycles. The van der Waals surface area contributed by atoms with Crippen LogP contribution >= 0.6 is 0 Å². The molecule has 1 atom stereocenters. The molecule has 268 valence electrons. The van der Waals surface area contributed by atoms with Crippen LogP contribution in [0.25, 0.3) is 11.4 Å². The van der Waals surface area contributed by atoms with E-state index < -0.39 is 33.1 Å². The lowest BCUT2D eigenvalue weighted by atomic mass is 9.95. The maximum Gasteiger partial charge on any atom is 0.573 e. The number of sulfone groups is 1. The highest BCUT2D eigenvalue weighted by atomic mass is 32.2. The second kappa shape index (κ2) is 16.2. The number of rotatable bonds is 15. The number of aryl methyl sites for hydroxylation is 1. The van der Waals surface area contributed by atoms with Gasteiger partial charge in [0, 0.05) is 51.8 Å². The molecule has 1 N–H and O–H groups in total. The van der Waals surface area contributed by atoms with Crippen LogP contribution in [0.4, 0.5) is 13.2 Å². The smallest absolute Gasteiger partial charge is 0.494 e. The van der Waals surface area contributed by atoms with Gasteiger partial charge in [-0.2, -0.15) is 4.80 Å². The van der Waals surface area contributed by atoms with Crippen LogP contribution in [0.5, 0.6) is 11.5 Å². The Balaban J connectivity index is 1.16. The number of piperidine rings is 1. The maximum absolute atomic E-state index is 14.1. The Labute approximate surface area is 281 Å². The van der Waals surface area contributed by atoms with Gasteiger partial charge in [-0.25, -0.2) is 18.7 Å². The average Bonchev–Trinajstić information content (AvgIpc) is 3.57. The van der Waals surface area contributed by atoms with Gasteiger partial charge in [-0.3, -0.25) is 4.79 Å². The van der Waals surface area contributed by atoms with Crippen molar-refractivity contribution in [2.24, 2.45) is 0 Å². The highest BCUT2D eigenvalue weighted by Crippen LogP contribution is 2.37. The van der Waals surface area contributed by atoms with Gasteiger partial charge in [0.25, 0.3) is 5.91 Å². The Morgan fingerprint density at radius 3 is 2.39 bits per heavy atom. The molecule has 1 unspecified atom stereocenters. The number of halogens is 3. The normalized spacial score (nSPS) is 18.6. The quantitative estimate of drug-likeness (QED) is 0.181. The number of likely N-dealkylation sites (tertiary alicyclic amines) is 1. The van der Waals surface area contributed by atoms with Crippen molar-refractivity contribution in [2.75, 3.05) is 46.6 Å². The van der Waals surface area contributed by atoms with Gasteiger partial charge in [0.1, 0.15) is 11.5 Å². The second-order valence-electron chi connectivity index (χ2n) is 11.6. The van der Waals surface area contributed by atoms with E-state index in [9.17, 15) is 26.4 Å². The van der Waals surface area contributed by atoms with E-state index >= 15 is 0 Å². The third-order valence-corrected chi connectivity index (χ3v) is 10.8. The summed E-state index contributed by atoms with van der Waals surface area (Å²) in [5.41, 5.74) is 2.87. The van der Waals surface area contributed by atoms with E-state index in [0.717, 1.165) is 25.0 Å². The van der Waals surface area contributed by atoms with Crippen molar-refractivity contribution in [3.8, 4) is 22.9 Å². The standard InChI is InChI=1S/C31H39F3N6O8S/c1-44-22-19-39-17-14-30(15-18-39,29(41)37-48-27-5-2-3-20-46-27)49(42,43)26-12-10-24(11-13-26)45-21-4-16-40-36-28(35-38-40)23-6-8-25(9-7-23)47-31(32,33)34/h6-13,27H,2-5,14-22H2,1H3,(H,37,41). The van der Waals surface area contributed by atoms with Crippen LogP contribution in [0, 0.1) is 0 Å². The van der Waals surface area contributed by atoms with Crippen LogP contribution < -0.4 is 15.0 Å². The first-order chi connectivity index (χ1) is 23.5. The van der Waals surface area contributed by atoms with Crippen LogP contribution in [0.3, 0.4) is 0 Å². The predicted molar refractivity (Wildman–Crippen MR) is 167 cm³/mol. The van der Waals surface area contributed by atoms with Gasteiger partial charge >= 0.3 is 6.36 Å². The number of carbonyl (C=O) groups is 1. The summed E-state index contributed by atoms with van der Waals surface area (Å²) in [6.07, 6.45) is -2.39. The molecular weight excluding hydrogens is 673 g/mol. The zero-order valence-corrected chi connectivity index (χ0v) is 27.7. The van der Waals surface area contributed by atoms with Crippen molar-refractivity contribution >= 4 is 15.7 Å². The van der Waals surface area contributed by atoms with E-state index in [4.69, 9.17) is 19.0 Å². The fourth-order valence-corrected chi connectivity index (χ4v) is 7.54. The average molecular weight is 713 g/mol.